The Labute approximate surface area is 153 Å². The van der Waals surface area contributed by atoms with Crippen molar-refractivity contribution in [3.05, 3.63) is 65.9 Å². The summed E-state index contributed by atoms with van der Waals surface area (Å²) in [6, 6.07) is 17.5. The van der Waals surface area contributed by atoms with E-state index < -0.39 is 0 Å². The van der Waals surface area contributed by atoms with Crippen LogP contribution in [0.2, 0.25) is 0 Å². The number of rotatable bonds is 7. The van der Waals surface area contributed by atoms with Gasteiger partial charge in [0.25, 0.3) is 0 Å². The summed E-state index contributed by atoms with van der Waals surface area (Å²) in [5.74, 6) is 2.87. The highest BCUT2D eigenvalue weighted by Crippen LogP contribution is 2.26. The van der Waals surface area contributed by atoms with E-state index in [0.29, 0.717) is 18.3 Å². The molecule has 1 aromatic heterocycles. The summed E-state index contributed by atoms with van der Waals surface area (Å²) in [6.07, 6.45) is 0. The molecule has 0 saturated heterocycles. The molecular formula is C20H22N4O2. The highest BCUT2D eigenvalue weighted by atomic mass is 16.5. The number of hydrogen-bond acceptors (Lipinski definition) is 6. The number of hydrogen-bond donors (Lipinski definition) is 2. The van der Waals surface area contributed by atoms with Crippen LogP contribution in [0.4, 0.5) is 17.5 Å². The van der Waals surface area contributed by atoms with Gasteiger partial charge in [-0.3, -0.25) is 0 Å². The third kappa shape index (κ3) is 4.42. The molecule has 0 fully saturated rings. The van der Waals surface area contributed by atoms with Crippen LogP contribution in [0.15, 0.2) is 54.6 Å². The van der Waals surface area contributed by atoms with Crippen molar-refractivity contribution >= 4 is 17.5 Å². The fourth-order valence-corrected chi connectivity index (χ4v) is 2.52. The van der Waals surface area contributed by atoms with Gasteiger partial charge < -0.3 is 20.1 Å². The van der Waals surface area contributed by atoms with E-state index in [1.54, 1.807) is 14.2 Å². The molecule has 0 bridgehead atoms. The van der Waals surface area contributed by atoms with Gasteiger partial charge in [0, 0.05) is 18.3 Å². The average molecular weight is 350 g/mol. The fourth-order valence-electron chi connectivity index (χ4n) is 2.52. The standard InChI is InChI=1S/C20H22N4O2/c1-14-12-19(23-17-6-4-5-7-18(17)26-3)24-20(22-14)21-13-15-8-10-16(25-2)11-9-15/h4-12H,13H2,1-3H3,(H2,21,22,23,24). The topological polar surface area (TPSA) is 68.3 Å². The fraction of sp³-hybridized carbons (Fsp3) is 0.200. The molecule has 3 rings (SSSR count). The lowest BCUT2D eigenvalue weighted by Crippen LogP contribution is -2.06. The minimum atomic E-state index is 0.568. The number of nitrogens with one attached hydrogen (secondary N) is 2. The molecular weight excluding hydrogens is 328 g/mol. The van der Waals surface area contributed by atoms with Crippen molar-refractivity contribution in [3.8, 4) is 11.5 Å². The van der Waals surface area contributed by atoms with E-state index >= 15 is 0 Å². The molecule has 2 aromatic carbocycles. The number of aromatic nitrogens is 2. The van der Waals surface area contributed by atoms with Crippen LogP contribution in [-0.4, -0.2) is 24.2 Å². The predicted octanol–water partition coefficient (Wildman–Crippen LogP) is 4.16. The predicted molar refractivity (Wildman–Crippen MR) is 103 cm³/mol. The molecule has 0 radical (unpaired) electrons. The van der Waals surface area contributed by atoms with Crippen molar-refractivity contribution in [1.82, 2.24) is 9.97 Å². The monoisotopic (exact) mass is 350 g/mol. The van der Waals surface area contributed by atoms with Gasteiger partial charge in [-0.15, -0.1) is 0 Å². The smallest absolute Gasteiger partial charge is 0.225 e. The number of ether oxygens (including phenoxy) is 2. The maximum atomic E-state index is 5.37. The minimum absolute atomic E-state index is 0.568. The van der Waals surface area contributed by atoms with Crippen molar-refractivity contribution in [3.63, 3.8) is 0 Å². The molecule has 6 nitrogen and oxygen atoms in total. The quantitative estimate of drug-likeness (QED) is 0.667. The van der Waals surface area contributed by atoms with Crippen LogP contribution in [0.25, 0.3) is 0 Å². The number of methoxy groups -OCH3 is 2. The van der Waals surface area contributed by atoms with Crippen molar-refractivity contribution < 1.29 is 9.47 Å². The van der Waals surface area contributed by atoms with Crippen molar-refractivity contribution in [2.75, 3.05) is 24.9 Å². The summed E-state index contributed by atoms with van der Waals surface area (Å²) in [5.41, 5.74) is 2.85. The molecule has 0 atom stereocenters. The Hall–Kier alpha value is -3.28. The summed E-state index contributed by atoms with van der Waals surface area (Å²) in [7, 11) is 3.30. The van der Waals surface area contributed by atoms with Crippen LogP contribution < -0.4 is 20.1 Å². The first-order chi connectivity index (χ1) is 12.7. The Morgan fingerprint density at radius 2 is 1.69 bits per heavy atom. The average Bonchev–Trinajstić information content (AvgIpc) is 2.67. The van der Waals surface area contributed by atoms with Gasteiger partial charge in [-0.1, -0.05) is 24.3 Å². The first-order valence-electron chi connectivity index (χ1n) is 8.30. The molecule has 6 heteroatoms. The molecule has 0 saturated carbocycles. The molecule has 0 unspecified atom stereocenters. The van der Waals surface area contributed by atoms with Gasteiger partial charge in [-0.25, -0.2) is 4.98 Å². The second-order valence-electron chi connectivity index (χ2n) is 5.75. The Morgan fingerprint density at radius 3 is 2.42 bits per heavy atom. The number of benzene rings is 2. The largest absolute Gasteiger partial charge is 0.497 e. The lowest BCUT2D eigenvalue weighted by atomic mass is 10.2. The van der Waals surface area contributed by atoms with Crippen molar-refractivity contribution in [2.45, 2.75) is 13.5 Å². The molecule has 0 aliphatic carbocycles. The maximum Gasteiger partial charge on any atom is 0.225 e. The highest BCUT2D eigenvalue weighted by molar-refractivity contribution is 5.64. The SMILES string of the molecule is COc1ccc(CNc2nc(C)cc(Nc3ccccc3OC)n2)cc1. The van der Waals surface area contributed by atoms with Crippen LogP contribution in [0.5, 0.6) is 11.5 Å². The number of nitrogens with zero attached hydrogens (tertiary/aromatic N) is 2. The zero-order chi connectivity index (χ0) is 18.4. The lowest BCUT2D eigenvalue weighted by Gasteiger charge is -2.12. The van der Waals surface area contributed by atoms with Crippen LogP contribution in [-0.2, 0) is 6.54 Å². The van der Waals surface area contributed by atoms with Gasteiger partial charge in [-0.05, 0) is 36.8 Å². The van der Waals surface area contributed by atoms with Crippen molar-refractivity contribution in [2.24, 2.45) is 0 Å². The molecule has 1 heterocycles. The Morgan fingerprint density at radius 1 is 0.923 bits per heavy atom. The van der Waals surface area contributed by atoms with E-state index in [-0.39, 0.29) is 0 Å². The van der Waals surface area contributed by atoms with Crippen LogP contribution in [0, 0.1) is 6.92 Å². The van der Waals surface area contributed by atoms with E-state index in [2.05, 4.69) is 20.6 Å². The van der Waals surface area contributed by atoms with E-state index in [9.17, 15) is 0 Å². The summed E-state index contributed by atoms with van der Waals surface area (Å²) in [6.45, 7) is 2.56. The van der Waals surface area contributed by atoms with Crippen LogP contribution in [0.3, 0.4) is 0 Å². The van der Waals surface area contributed by atoms with E-state index in [1.165, 1.54) is 0 Å². The van der Waals surface area contributed by atoms with E-state index in [1.807, 2.05) is 61.5 Å². The normalized spacial score (nSPS) is 10.3. The molecule has 0 amide bonds. The Balaban J connectivity index is 1.72. The van der Waals surface area contributed by atoms with Gasteiger partial charge in [0.1, 0.15) is 17.3 Å². The van der Waals surface area contributed by atoms with E-state index in [0.717, 1.165) is 28.4 Å². The summed E-state index contributed by atoms with van der Waals surface area (Å²) < 4.78 is 10.5. The third-order valence-corrected chi connectivity index (χ3v) is 3.83. The first kappa shape index (κ1) is 17.5. The lowest BCUT2D eigenvalue weighted by molar-refractivity contribution is 0.414. The Bertz CT molecular complexity index is 866. The zero-order valence-electron chi connectivity index (χ0n) is 15.1. The number of aryl methyl sites for hydroxylation is 1. The zero-order valence-corrected chi connectivity index (χ0v) is 15.1. The summed E-state index contributed by atoms with van der Waals surface area (Å²) in [4.78, 5) is 8.99. The molecule has 0 spiro atoms. The highest BCUT2D eigenvalue weighted by Gasteiger charge is 2.06. The molecule has 3 aromatic rings. The molecule has 2 N–H and O–H groups in total. The van der Waals surface area contributed by atoms with Gasteiger partial charge in [-0.2, -0.15) is 4.98 Å². The van der Waals surface area contributed by atoms with Crippen LogP contribution >= 0.6 is 0 Å². The molecule has 0 aliphatic heterocycles. The molecule has 26 heavy (non-hydrogen) atoms. The third-order valence-electron chi connectivity index (χ3n) is 3.83. The van der Waals surface area contributed by atoms with Gasteiger partial charge in [0.05, 0.1) is 19.9 Å². The summed E-state index contributed by atoms with van der Waals surface area (Å²) >= 11 is 0. The van der Waals surface area contributed by atoms with Gasteiger partial charge in [0.15, 0.2) is 0 Å². The molecule has 0 aliphatic rings. The second kappa shape index (κ2) is 8.20. The number of para-hydroxylation sites is 2. The molecule has 134 valence electrons. The second-order valence-corrected chi connectivity index (χ2v) is 5.75. The maximum absolute atomic E-state index is 5.37. The first-order valence-corrected chi connectivity index (χ1v) is 8.30. The van der Waals surface area contributed by atoms with Crippen LogP contribution in [0.1, 0.15) is 11.3 Å². The summed E-state index contributed by atoms with van der Waals surface area (Å²) in [5, 5.41) is 6.55. The minimum Gasteiger partial charge on any atom is -0.497 e. The van der Waals surface area contributed by atoms with Gasteiger partial charge in [0.2, 0.25) is 5.95 Å². The van der Waals surface area contributed by atoms with Crippen molar-refractivity contribution in [1.29, 1.82) is 0 Å². The Kier molecular flexibility index (Phi) is 5.53. The van der Waals surface area contributed by atoms with Gasteiger partial charge >= 0.3 is 0 Å². The number of anilines is 3. The van der Waals surface area contributed by atoms with E-state index in [4.69, 9.17) is 9.47 Å².